The van der Waals surface area contributed by atoms with E-state index >= 15 is 0 Å². The predicted octanol–water partition coefficient (Wildman–Crippen LogP) is 1.98. The fraction of sp³-hybridized carbons (Fsp3) is 0.385. The second kappa shape index (κ2) is 7.11. The van der Waals surface area contributed by atoms with Crippen LogP contribution in [-0.4, -0.2) is 23.3 Å². The molecule has 1 atom stereocenters. The van der Waals surface area contributed by atoms with Crippen LogP contribution >= 0.6 is 12.4 Å². The van der Waals surface area contributed by atoms with Gasteiger partial charge in [0.2, 0.25) is 5.89 Å². The van der Waals surface area contributed by atoms with Crippen LogP contribution in [0.15, 0.2) is 28.8 Å². The Morgan fingerprint density at radius 3 is 2.58 bits per heavy atom. The summed E-state index contributed by atoms with van der Waals surface area (Å²) in [4.78, 5) is 4.30. The Morgan fingerprint density at radius 1 is 1.32 bits per heavy atom. The molecule has 2 aromatic rings. The predicted molar refractivity (Wildman–Crippen MR) is 74.7 cm³/mol. The van der Waals surface area contributed by atoms with Crippen molar-refractivity contribution in [2.24, 2.45) is 5.73 Å². The lowest BCUT2D eigenvalue weighted by Gasteiger charge is -2.00. The van der Waals surface area contributed by atoms with E-state index in [1.165, 1.54) is 0 Å². The molecule has 1 heterocycles. The van der Waals surface area contributed by atoms with Gasteiger partial charge in [-0.1, -0.05) is 17.3 Å². The zero-order valence-corrected chi connectivity index (χ0v) is 11.8. The smallest absolute Gasteiger partial charge is 0.228 e. The SMILES string of the molecule is COc1ccc(Cc2noc(CC(C)N)n2)cc1.Cl. The fourth-order valence-electron chi connectivity index (χ4n) is 1.65. The molecule has 0 aliphatic carbocycles. The van der Waals surface area contributed by atoms with Gasteiger partial charge in [-0.25, -0.2) is 0 Å². The Labute approximate surface area is 118 Å². The molecule has 5 nitrogen and oxygen atoms in total. The van der Waals surface area contributed by atoms with Crippen LogP contribution in [0, 0.1) is 0 Å². The van der Waals surface area contributed by atoms with E-state index in [0.717, 1.165) is 11.3 Å². The second-order valence-corrected chi connectivity index (χ2v) is 4.31. The highest BCUT2D eigenvalue weighted by molar-refractivity contribution is 5.85. The zero-order chi connectivity index (χ0) is 13.0. The molecule has 0 spiro atoms. The minimum absolute atomic E-state index is 0. The highest BCUT2D eigenvalue weighted by atomic mass is 35.5. The zero-order valence-electron chi connectivity index (χ0n) is 11.0. The van der Waals surface area contributed by atoms with Crippen molar-refractivity contribution in [3.05, 3.63) is 41.5 Å². The Balaban J connectivity index is 0.00000180. The van der Waals surface area contributed by atoms with Crippen molar-refractivity contribution >= 4 is 12.4 Å². The lowest BCUT2D eigenvalue weighted by atomic mass is 10.1. The first-order chi connectivity index (χ1) is 8.67. The molecule has 0 fully saturated rings. The van der Waals surface area contributed by atoms with Crippen LogP contribution in [0.1, 0.15) is 24.2 Å². The van der Waals surface area contributed by atoms with E-state index in [0.29, 0.717) is 24.6 Å². The number of halogens is 1. The van der Waals surface area contributed by atoms with Crippen LogP contribution in [-0.2, 0) is 12.8 Å². The summed E-state index contributed by atoms with van der Waals surface area (Å²) < 4.78 is 10.2. The summed E-state index contributed by atoms with van der Waals surface area (Å²) in [6.07, 6.45) is 1.25. The van der Waals surface area contributed by atoms with E-state index < -0.39 is 0 Å². The molecule has 2 N–H and O–H groups in total. The Morgan fingerprint density at radius 2 is 2.00 bits per heavy atom. The van der Waals surface area contributed by atoms with Gasteiger partial charge in [0, 0.05) is 18.9 Å². The summed E-state index contributed by atoms with van der Waals surface area (Å²) in [6, 6.07) is 7.83. The van der Waals surface area contributed by atoms with Gasteiger partial charge in [-0.15, -0.1) is 12.4 Å². The van der Waals surface area contributed by atoms with Crippen molar-refractivity contribution in [1.29, 1.82) is 0 Å². The Hall–Kier alpha value is -1.59. The normalized spacial score (nSPS) is 11.7. The molecule has 19 heavy (non-hydrogen) atoms. The summed E-state index contributed by atoms with van der Waals surface area (Å²) in [5, 5.41) is 3.93. The Bertz CT molecular complexity index is 497. The van der Waals surface area contributed by atoms with Crippen LogP contribution in [0.4, 0.5) is 0 Å². The van der Waals surface area contributed by atoms with E-state index in [1.54, 1.807) is 7.11 Å². The molecule has 0 aliphatic rings. The summed E-state index contributed by atoms with van der Waals surface area (Å²) in [6.45, 7) is 1.91. The third-order valence-electron chi connectivity index (χ3n) is 2.53. The second-order valence-electron chi connectivity index (χ2n) is 4.31. The van der Waals surface area contributed by atoms with E-state index in [4.69, 9.17) is 15.0 Å². The number of rotatable bonds is 5. The number of aromatic nitrogens is 2. The molecular formula is C13H18ClN3O2. The van der Waals surface area contributed by atoms with Crippen LogP contribution in [0.25, 0.3) is 0 Å². The number of hydrogen-bond acceptors (Lipinski definition) is 5. The molecular weight excluding hydrogens is 266 g/mol. The van der Waals surface area contributed by atoms with Crippen molar-refractivity contribution in [3.8, 4) is 5.75 Å². The lowest BCUT2D eigenvalue weighted by Crippen LogP contribution is -2.17. The molecule has 1 aromatic heterocycles. The maximum absolute atomic E-state index is 5.68. The van der Waals surface area contributed by atoms with Gasteiger partial charge in [0.1, 0.15) is 5.75 Å². The number of ether oxygens (including phenoxy) is 1. The van der Waals surface area contributed by atoms with Gasteiger partial charge in [-0.05, 0) is 24.6 Å². The molecule has 0 amide bonds. The van der Waals surface area contributed by atoms with E-state index in [-0.39, 0.29) is 18.4 Å². The molecule has 0 radical (unpaired) electrons. The van der Waals surface area contributed by atoms with Gasteiger partial charge in [-0.2, -0.15) is 4.98 Å². The van der Waals surface area contributed by atoms with Crippen LogP contribution in [0.5, 0.6) is 5.75 Å². The van der Waals surface area contributed by atoms with Gasteiger partial charge < -0.3 is 15.0 Å². The van der Waals surface area contributed by atoms with Crippen LogP contribution in [0.2, 0.25) is 0 Å². The summed E-state index contributed by atoms with van der Waals surface area (Å²) in [7, 11) is 1.65. The van der Waals surface area contributed by atoms with Crippen molar-refractivity contribution in [3.63, 3.8) is 0 Å². The number of methoxy groups -OCH3 is 1. The van der Waals surface area contributed by atoms with Crippen molar-refractivity contribution in [2.75, 3.05) is 7.11 Å². The molecule has 0 saturated carbocycles. The lowest BCUT2D eigenvalue weighted by molar-refractivity contribution is 0.367. The number of nitrogens with two attached hydrogens (primary N) is 1. The maximum atomic E-state index is 5.68. The van der Waals surface area contributed by atoms with Crippen molar-refractivity contribution in [2.45, 2.75) is 25.8 Å². The third-order valence-corrected chi connectivity index (χ3v) is 2.53. The minimum atomic E-state index is 0. The van der Waals surface area contributed by atoms with Gasteiger partial charge in [0.25, 0.3) is 0 Å². The highest BCUT2D eigenvalue weighted by Crippen LogP contribution is 2.13. The number of benzene rings is 1. The molecule has 2 rings (SSSR count). The molecule has 0 aliphatic heterocycles. The number of nitrogens with zero attached hydrogens (tertiary/aromatic N) is 2. The average Bonchev–Trinajstić information content (AvgIpc) is 2.76. The first-order valence-corrected chi connectivity index (χ1v) is 5.87. The minimum Gasteiger partial charge on any atom is -0.497 e. The van der Waals surface area contributed by atoms with Crippen molar-refractivity contribution < 1.29 is 9.26 Å². The molecule has 1 unspecified atom stereocenters. The van der Waals surface area contributed by atoms with Gasteiger partial charge in [-0.3, -0.25) is 0 Å². The quantitative estimate of drug-likeness (QED) is 0.908. The Kier molecular flexibility index (Phi) is 5.79. The van der Waals surface area contributed by atoms with Gasteiger partial charge >= 0.3 is 0 Å². The summed E-state index contributed by atoms with van der Waals surface area (Å²) in [5.41, 5.74) is 6.79. The van der Waals surface area contributed by atoms with E-state index in [9.17, 15) is 0 Å². The van der Waals surface area contributed by atoms with Crippen molar-refractivity contribution in [1.82, 2.24) is 10.1 Å². The molecule has 0 saturated heterocycles. The van der Waals surface area contributed by atoms with Gasteiger partial charge in [0.05, 0.1) is 7.11 Å². The van der Waals surface area contributed by atoms with Gasteiger partial charge in [0.15, 0.2) is 5.82 Å². The monoisotopic (exact) mass is 283 g/mol. The molecule has 6 heteroatoms. The summed E-state index contributed by atoms with van der Waals surface area (Å²) in [5.74, 6) is 2.11. The summed E-state index contributed by atoms with van der Waals surface area (Å²) >= 11 is 0. The van der Waals surface area contributed by atoms with E-state index in [1.807, 2.05) is 31.2 Å². The first-order valence-electron chi connectivity index (χ1n) is 5.87. The highest BCUT2D eigenvalue weighted by Gasteiger charge is 2.08. The largest absolute Gasteiger partial charge is 0.497 e. The maximum Gasteiger partial charge on any atom is 0.228 e. The fourth-order valence-corrected chi connectivity index (χ4v) is 1.65. The standard InChI is InChI=1S/C13H17N3O2.ClH/c1-9(14)7-13-15-12(16-18-13)8-10-3-5-11(17-2)6-4-10;/h3-6,9H,7-8,14H2,1-2H3;1H. The molecule has 104 valence electrons. The number of hydrogen-bond donors (Lipinski definition) is 1. The molecule has 0 bridgehead atoms. The van der Waals surface area contributed by atoms with Crippen LogP contribution < -0.4 is 10.5 Å². The van der Waals surface area contributed by atoms with Crippen LogP contribution in [0.3, 0.4) is 0 Å². The van der Waals surface area contributed by atoms with E-state index in [2.05, 4.69) is 10.1 Å². The molecule has 1 aromatic carbocycles. The average molecular weight is 284 g/mol. The topological polar surface area (TPSA) is 74.2 Å². The third kappa shape index (κ3) is 4.54. The first kappa shape index (κ1) is 15.5.